The number of carbonyl (C=O) groups excluding carboxylic acids is 2. The van der Waals surface area contributed by atoms with Crippen LogP contribution in [0.25, 0.3) is 0 Å². The smallest absolute Gasteiger partial charge is 0.240 e. The summed E-state index contributed by atoms with van der Waals surface area (Å²) >= 11 is 0. The Morgan fingerprint density at radius 3 is 2.21 bits per heavy atom. The highest BCUT2D eigenvalue weighted by Crippen LogP contribution is 2.30. The lowest BCUT2D eigenvalue weighted by molar-refractivity contribution is -0.126. The first-order chi connectivity index (χ1) is 18.2. The number of ether oxygens (including phenoxy) is 2. The number of amides is 2. The van der Waals surface area contributed by atoms with E-state index in [1.807, 2.05) is 32.0 Å². The van der Waals surface area contributed by atoms with Crippen LogP contribution in [0.5, 0.6) is 11.5 Å². The molecule has 0 atom stereocenters. The Balaban J connectivity index is 1.40. The molecular weight excluding hydrogens is 506 g/mol. The zero-order chi connectivity index (χ0) is 27.5. The second-order valence-corrected chi connectivity index (χ2v) is 11.2. The molecule has 3 N–H and O–H groups in total. The Labute approximate surface area is 225 Å². The molecule has 0 bridgehead atoms. The third kappa shape index (κ3) is 8.73. The fourth-order valence-electron chi connectivity index (χ4n) is 4.59. The maximum absolute atomic E-state index is 12.7. The first-order valence-electron chi connectivity index (χ1n) is 13.2. The van der Waals surface area contributed by atoms with E-state index in [1.54, 1.807) is 12.1 Å². The van der Waals surface area contributed by atoms with Crippen molar-refractivity contribution in [3.8, 4) is 11.5 Å². The molecule has 3 rings (SSSR count). The number of hydrogen-bond donors (Lipinski definition) is 3. The van der Waals surface area contributed by atoms with Crippen molar-refractivity contribution in [2.45, 2.75) is 57.8 Å². The van der Waals surface area contributed by atoms with Crippen molar-refractivity contribution in [1.29, 1.82) is 0 Å². The monoisotopic (exact) mass is 545 g/mol. The Bertz CT molecular complexity index is 1180. The van der Waals surface area contributed by atoms with Crippen molar-refractivity contribution in [2.75, 3.05) is 31.6 Å². The summed E-state index contributed by atoms with van der Waals surface area (Å²) in [5, 5.41) is 5.67. The summed E-state index contributed by atoms with van der Waals surface area (Å²) in [4.78, 5) is 24.0. The van der Waals surface area contributed by atoms with Gasteiger partial charge in [0.2, 0.25) is 21.8 Å². The molecule has 0 heterocycles. The van der Waals surface area contributed by atoms with Crippen molar-refractivity contribution < 1.29 is 27.5 Å². The molecule has 0 aromatic heterocycles. The van der Waals surface area contributed by atoms with Crippen LogP contribution >= 0.6 is 0 Å². The van der Waals surface area contributed by atoms with Crippen LogP contribution in [0.3, 0.4) is 0 Å². The van der Waals surface area contributed by atoms with Gasteiger partial charge in [0.25, 0.3) is 0 Å². The van der Waals surface area contributed by atoms with Crippen LogP contribution in [-0.4, -0.2) is 46.5 Å². The van der Waals surface area contributed by atoms with Gasteiger partial charge in [0.1, 0.15) is 0 Å². The van der Waals surface area contributed by atoms with E-state index in [1.165, 1.54) is 19.1 Å². The first-order valence-corrected chi connectivity index (χ1v) is 14.7. The molecule has 10 heteroatoms. The maximum Gasteiger partial charge on any atom is 0.240 e. The lowest BCUT2D eigenvalue weighted by atomic mass is 9.81. The van der Waals surface area contributed by atoms with Crippen LogP contribution in [0.1, 0.15) is 52.0 Å². The second kappa shape index (κ2) is 14.2. The Hall–Kier alpha value is -3.11. The Morgan fingerprint density at radius 1 is 0.921 bits per heavy atom. The fourth-order valence-corrected chi connectivity index (χ4v) is 5.70. The molecule has 0 aliphatic heterocycles. The van der Waals surface area contributed by atoms with Crippen molar-refractivity contribution in [2.24, 2.45) is 11.8 Å². The van der Waals surface area contributed by atoms with E-state index < -0.39 is 10.0 Å². The normalized spacial score (nSPS) is 17.4. The van der Waals surface area contributed by atoms with Crippen molar-refractivity contribution in [1.82, 2.24) is 10.0 Å². The van der Waals surface area contributed by atoms with Crippen molar-refractivity contribution >= 4 is 27.5 Å². The van der Waals surface area contributed by atoms with Crippen molar-refractivity contribution in [3.63, 3.8) is 0 Å². The highest BCUT2D eigenvalue weighted by atomic mass is 32.2. The molecule has 2 aromatic rings. The Morgan fingerprint density at radius 2 is 1.58 bits per heavy atom. The first kappa shape index (κ1) is 29.4. The quantitative estimate of drug-likeness (QED) is 0.351. The van der Waals surface area contributed by atoms with E-state index in [-0.39, 0.29) is 28.5 Å². The SMILES string of the molecule is CCOc1ccc(CCNC(=O)C2CCC(CNS(=O)(=O)c3ccc(NC(C)=O)cc3)CC2)cc1OCC. The summed E-state index contributed by atoms with van der Waals surface area (Å²) in [5.74, 6) is 1.41. The lowest BCUT2D eigenvalue weighted by Crippen LogP contribution is -2.36. The molecule has 1 saturated carbocycles. The molecule has 0 unspecified atom stereocenters. The minimum absolute atomic E-state index is 0.0523. The zero-order valence-electron chi connectivity index (χ0n) is 22.4. The lowest BCUT2D eigenvalue weighted by Gasteiger charge is -2.28. The number of benzene rings is 2. The predicted octanol–water partition coefficient (Wildman–Crippen LogP) is 3.89. The topological polar surface area (TPSA) is 123 Å². The third-order valence-corrected chi connectivity index (χ3v) is 8.02. The van der Waals surface area contributed by atoms with Gasteiger partial charge in [-0.05, 0) is 93.8 Å². The molecule has 1 aliphatic rings. The molecule has 208 valence electrons. The average molecular weight is 546 g/mol. The van der Waals surface area contributed by atoms with E-state index in [9.17, 15) is 18.0 Å². The molecule has 38 heavy (non-hydrogen) atoms. The fraction of sp³-hybridized carbons (Fsp3) is 0.500. The molecule has 0 saturated heterocycles. The van der Waals surface area contributed by atoms with Gasteiger partial charge in [-0.15, -0.1) is 0 Å². The summed E-state index contributed by atoms with van der Waals surface area (Å²) in [7, 11) is -3.64. The van der Waals surface area contributed by atoms with Crippen LogP contribution in [0.2, 0.25) is 0 Å². The second-order valence-electron chi connectivity index (χ2n) is 9.46. The van der Waals surface area contributed by atoms with Gasteiger partial charge in [-0.2, -0.15) is 0 Å². The molecule has 1 aliphatic carbocycles. The summed E-state index contributed by atoms with van der Waals surface area (Å²) in [5.41, 5.74) is 1.61. The third-order valence-electron chi connectivity index (χ3n) is 6.59. The zero-order valence-corrected chi connectivity index (χ0v) is 23.2. The summed E-state index contributed by atoms with van der Waals surface area (Å²) in [6.45, 7) is 7.26. The van der Waals surface area contributed by atoms with Gasteiger partial charge in [-0.1, -0.05) is 6.07 Å². The largest absolute Gasteiger partial charge is 0.490 e. The number of nitrogens with one attached hydrogen (secondary N) is 3. The van der Waals surface area contributed by atoms with E-state index >= 15 is 0 Å². The van der Waals surface area contributed by atoms with Gasteiger partial charge in [-0.3, -0.25) is 9.59 Å². The van der Waals surface area contributed by atoms with Gasteiger partial charge in [-0.25, -0.2) is 13.1 Å². The number of sulfonamides is 1. The van der Waals surface area contributed by atoms with Crippen LogP contribution < -0.4 is 24.8 Å². The van der Waals surface area contributed by atoms with Crippen molar-refractivity contribution in [3.05, 3.63) is 48.0 Å². The standard InChI is InChI=1S/C28H39N3O6S/c1-4-36-26-15-8-21(18-27(26)37-5-2)16-17-29-28(33)23-9-6-22(7-10-23)19-30-38(34,35)25-13-11-24(12-14-25)31-20(3)32/h8,11-15,18,22-23,30H,4-7,9-10,16-17,19H2,1-3H3,(H,29,33)(H,31,32). The number of hydrogen-bond acceptors (Lipinski definition) is 6. The minimum atomic E-state index is -3.64. The highest BCUT2D eigenvalue weighted by molar-refractivity contribution is 7.89. The van der Waals surface area contributed by atoms with Gasteiger partial charge >= 0.3 is 0 Å². The van der Waals surface area contributed by atoms with E-state index in [0.717, 1.165) is 37.0 Å². The van der Waals surface area contributed by atoms with Gasteiger partial charge < -0.3 is 20.1 Å². The molecular formula is C28H39N3O6S. The highest BCUT2D eigenvalue weighted by Gasteiger charge is 2.27. The number of anilines is 1. The Kier molecular flexibility index (Phi) is 11.0. The molecule has 2 amide bonds. The average Bonchev–Trinajstić information content (AvgIpc) is 2.89. The summed E-state index contributed by atoms with van der Waals surface area (Å²) < 4.78 is 39.3. The molecule has 1 fully saturated rings. The molecule has 0 spiro atoms. The number of carbonyl (C=O) groups is 2. The van der Waals surface area contributed by atoms with Gasteiger partial charge in [0.05, 0.1) is 18.1 Å². The predicted molar refractivity (Wildman–Crippen MR) is 147 cm³/mol. The molecule has 9 nitrogen and oxygen atoms in total. The number of rotatable bonds is 13. The molecule has 0 radical (unpaired) electrons. The maximum atomic E-state index is 12.7. The van der Waals surface area contributed by atoms with Gasteiger partial charge in [0, 0.05) is 31.6 Å². The van der Waals surface area contributed by atoms with Crippen LogP contribution in [-0.2, 0) is 26.0 Å². The van der Waals surface area contributed by atoms with E-state index in [2.05, 4.69) is 15.4 Å². The minimum Gasteiger partial charge on any atom is -0.490 e. The van der Waals surface area contributed by atoms with E-state index in [0.29, 0.717) is 44.2 Å². The molecule has 2 aromatic carbocycles. The van der Waals surface area contributed by atoms with Crippen LogP contribution in [0, 0.1) is 11.8 Å². The van der Waals surface area contributed by atoms with Gasteiger partial charge in [0.15, 0.2) is 11.5 Å². The van der Waals surface area contributed by atoms with Crippen LogP contribution in [0.15, 0.2) is 47.4 Å². The van der Waals surface area contributed by atoms with E-state index in [4.69, 9.17) is 9.47 Å². The summed E-state index contributed by atoms with van der Waals surface area (Å²) in [6.07, 6.45) is 3.75. The van der Waals surface area contributed by atoms with Crippen LogP contribution in [0.4, 0.5) is 5.69 Å². The summed E-state index contributed by atoms with van der Waals surface area (Å²) in [6, 6.07) is 11.9.